The second kappa shape index (κ2) is 5.62. The van der Waals surface area contributed by atoms with Gasteiger partial charge in [-0.15, -0.1) is 0 Å². The number of carbonyl (C=O) groups excluding carboxylic acids is 1. The van der Waals surface area contributed by atoms with Gasteiger partial charge in [0.15, 0.2) is 8.32 Å². The van der Waals surface area contributed by atoms with Crippen molar-refractivity contribution in [3.8, 4) is 0 Å². The highest BCUT2D eigenvalue weighted by molar-refractivity contribution is 6.74. The smallest absolute Gasteiger partial charge is 0.404 e. The second-order valence-electron chi connectivity index (χ2n) is 6.75. The van der Waals surface area contributed by atoms with E-state index in [-0.39, 0.29) is 23.0 Å². The summed E-state index contributed by atoms with van der Waals surface area (Å²) < 4.78 is 6.22. The van der Waals surface area contributed by atoms with Crippen molar-refractivity contribution in [3.05, 3.63) is 0 Å². The van der Waals surface area contributed by atoms with E-state index in [0.29, 0.717) is 19.3 Å². The van der Waals surface area contributed by atoms with E-state index >= 15 is 0 Å². The molecule has 6 heteroatoms. The van der Waals surface area contributed by atoms with Gasteiger partial charge < -0.3 is 14.8 Å². The van der Waals surface area contributed by atoms with Crippen molar-refractivity contribution in [1.29, 1.82) is 0 Å². The average Bonchev–Trinajstić information content (AvgIpc) is 2.19. The van der Waals surface area contributed by atoms with E-state index in [1.54, 1.807) is 0 Å². The Hall–Kier alpha value is -0.883. The first-order valence-electron chi connectivity index (χ1n) is 6.72. The van der Waals surface area contributed by atoms with Gasteiger partial charge >= 0.3 is 6.09 Å². The number of amides is 1. The number of carboxylic acid groups (broad SMARTS) is 1. The number of ketones is 1. The largest absolute Gasteiger partial charge is 0.465 e. The number of carbonyl (C=O) groups is 2. The van der Waals surface area contributed by atoms with Gasteiger partial charge in [-0.25, -0.2) is 4.79 Å². The van der Waals surface area contributed by atoms with Gasteiger partial charge in [0.25, 0.3) is 0 Å². The number of hydrogen-bond donors (Lipinski definition) is 2. The van der Waals surface area contributed by atoms with Crippen molar-refractivity contribution in [2.45, 2.75) is 70.3 Å². The van der Waals surface area contributed by atoms with Crippen LogP contribution < -0.4 is 5.32 Å². The molecular formula is C13H25NO4Si. The summed E-state index contributed by atoms with van der Waals surface area (Å²) in [5.41, 5.74) is 0. The van der Waals surface area contributed by atoms with Crippen molar-refractivity contribution in [1.82, 2.24) is 5.32 Å². The quantitative estimate of drug-likeness (QED) is 0.783. The van der Waals surface area contributed by atoms with Gasteiger partial charge in [0.05, 0.1) is 12.1 Å². The lowest BCUT2D eigenvalue weighted by atomic mass is 9.92. The van der Waals surface area contributed by atoms with Crippen molar-refractivity contribution in [2.75, 3.05) is 0 Å². The Labute approximate surface area is 115 Å². The zero-order valence-electron chi connectivity index (χ0n) is 12.4. The molecule has 1 saturated carbocycles. The van der Waals surface area contributed by atoms with Gasteiger partial charge in [-0.1, -0.05) is 20.8 Å². The van der Waals surface area contributed by atoms with Crippen LogP contribution >= 0.6 is 0 Å². The highest BCUT2D eigenvalue weighted by Gasteiger charge is 2.42. The fourth-order valence-electron chi connectivity index (χ4n) is 1.97. The molecule has 0 aromatic rings. The Bertz CT molecular complexity index is 362. The molecule has 0 aromatic carbocycles. The zero-order valence-corrected chi connectivity index (χ0v) is 13.4. The molecular weight excluding hydrogens is 262 g/mol. The Kier molecular flexibility index (Phi) is 4.79. The van der Waals surface area contributed by atoms with E-state index in [0.717, 1.165) is 0 Å². The summed E-state index contributed by atoms with van der Waals surface area (Å²) in [7, 11) is -2.00. The minimum Gasteiger partial charge on any atom is -0.465 e. The number of rotatable bonds is 3. The van der Waals surface area contributed by atoms with Crippen LogP contribution in [0.2, 0.25) is 18.1 Å². The van der Waals surface area contributed by atoms with Gasteiger partial charge in [0.1, 0.15) is 5.78 Å². The molecule has 1 rings (SSSR count). The Morgan fingerprint density at radius 2 is 2.00 bits per heavy atom. The molecule has 1 aliphatic rings. The molecule has 2 N–H and O–H groups in total. The Morgan fingerprint density at radius 1 is 1.42 bits per heavy atom. The van der Waals surface area contributed by atoms with Gasteiger partial charge in [-0.05, 0) is 24.6 Å². The monoisotopic (exact) mass is 287 g/mol. The Morgan fingerprint density at radius 3 is 2.47 bits per heavy atom. The molecule has 0 aromatic heterocycles. The van der Waals surface area contributed by atoms with E-state index in [1.807, 2.05) is 0 Å². The molecule has 0 bridgehead atoms. The lowest BCUT2D eigenvalue weighted by Crippen LogP contribution is -2.53. The lowest BCUT2D eigenvalue weighted by molar-refractivity contribution is -0.123. The van der Waals surface area contributed by atoms with Crippen LogP contribution in [0.25, 0.3) is 0 Å². The number of hydrogen-bond acceptors (Lipinski definition) is 3. The maximum Gasteiger partial charge on any atom is 0.404 e. The highest BCUT2D eigenvalue weighted by Crippen LogP contribution is 2.38. The third kappa shape index (κ3) is 4.31. The van der Waals surface area contributed by atoms with E-state index in [2.05, 4.69) is 39.2 Å². The summed E-state index contributed by atoms with van der Waals surface area (Å²) in [5.74, 6) is 0.159. The summed E-state index contributed by atoms with van der Waals surface area (Å²) in [6.07, 6.45) is -0.0918. The summed E-state index contributed by atoms with van der Waals surface area (Å²) in [6.45, 7) is 10.6. The van der Waals surface area contributed by atoms with Gasteiger partial charge in [-0.2, -0.15) is 0 Å². The predicted molar refractivity (Wildman–Crippen MR) is 75.9 cm³/mol. The van der Waals surface area contributed by atoms with Crippen LogP contribution in [0, 0.1) is 0 Å². The van der Waals surface area contributed by atoms with Gasteiger partial charge in [0, 0.05) is 12.8 Å². The number of Topliss-reactive ketones (excluding diaryl/α,β-unsaturated/α-hetero) is 1. The van der Waals surface area contributed by atoms with Gasteiger partial charge in [0.2, 0.25) is 0 Å². The van der Waals surface area contributed by atoms with E-state index in [1.165, 1.54) is 0 Å². The summed E-state index contributed by atoms with van der Waals surface area (Å²) in [6, 6.07) is -0.274. The molecule has 0 spiro atoms. The SMILES string of the molecule is CC(C)(C)[Si](C)(C)O[C@H]1CC(=O)CC[C@H]1NC(=O)O. The molecule has 0 heterocycles. The fourth-order valence-corrected chi connectivity index (χ4v) is 3.33. The molecule has 5 nitrogen and oxygen atoms in total. The van der Waals surface area contributed by atoms with Crippen LogP contribution in [-0.4, -0.2) is 37.4 Å². The molecule has 110 valence electrons. The van der Waals surface area contributed by atoms with Gasteiger partial charge in [-0.3, -0.25) is 4.79 Å². The average molecular weight is 287 g/mol. The molecule has 0 radical (unpaired) electrons. The van der Waals surface area contributed by atoms with E-state index in [9.17, 15) is 9.59 Å². The Balaban J connectivity index is 2.80. The standard InChI is InChI=1S/C13H25NO4Si/c1-13(2,3)19(4,5)18-11-8-9(15)6-7-10(11)14-12(16)17/h10-11,14H,6-8H2,1-5H3,(H,16,17)/t10-,11+/m1/s1. The molecule has 1 amide bonds. The van der Waals surface area contributed by atoms with Crippen molar-refractivity contribution < 1.29 is 19.1 Å². The highest BCUT2D eigenvalue weighted by atomic mass is 28.4. The minimum absolute atomic E-state index is 0.0429. The predicted octanol–water partition coefficient (Wildman–Crippen LogP) is 2.77. The van der Waals surface area contributed by atoms with Crippen LogP contribution in [0.3, 0.4) is 0 Å². The molecule has 1 aliphatic carbocycles. The summed E-state index contributed by atoms with van der Waals surface area (Å²) in [4.78, 5) is 22.4. The second-order valence-corrected chi connectivity index (χ2v) is 11.5. The maximum absolute atomic E-state index is 11.6. The lowest BCUT2D eigenvalue weighted by Gasteiger charge is -2.42. The molecule has 0 aliphatic heterocycles. The molecule has 1 fully saturated rings. The van der Waals surface area contributed by atoms with Crippen LogP contribution in [0.5, 0.6) is 0 Å². The van der Waals surface area contributed by atoms with Crippen molar-refractivity contribution in [3.63, 3.8) is 0 Å². The first kappa shape index (κ1) is 16.2. The topological polar surface area (TPSA) is 75.6 Å². The van der Waals surface area contributed by atoms with E-state index in [4.69, 9.17) is 9.53 Å². The molecule has 19 heavy (non-hydrogen) atoms. The molecule has 2 atom stereocenters. The fraction of sp³-hybridized carbons (Fsp3) is 0.846. The molecule has 0 saturated heterocycles. The van der Waals surface area contributed by atoms with Crippen molar-refractivity contribution >= 4 is 20.2 Å². The third-order valence-electron chi connectivity index (χ3n) is 4.17. The summed E-state index contributed by atoms with van der Waals surface area (Å²) >= 11 is 0. The van der Waals surface area contributed by atoms with Crippen LogP contribution in [-0.2, 0) is 9.22 Å². The summed E-state index contributed by atoms with van der Waals surface area (Å²) in [5, 5.41) is 11.4. The van der Waals surface area contributed by atoms with Crippen LogP contribution in [0.15, 0.2) is 0 Å². The first-order chi connectivity index (χ1) is 8.53. The normalized spacial score (nSPS) is 25.2. The van der Waals surface area contributed by atoms with Crippen LogP contribution in [0.1, 0.15) is 40.0 Å². The molecule has 0 unspecified atom stereocenters. The third-order valence-corrected chi connectivity index (χ3v) is 8.68. The van der Waals surface area contributed by atoms with E-state index < -0.39 is 14.4 Å². The first-order valence-corrected chi connectivity index (χ1v) is 9.63. The number of nitrogens with one attached hydrogen (secondary N) is 1. The zero-order chi connectivity index (χ0) is 14.8. The van der Waals surface area contributed by atoms with Crippen LogP contribution in [0.4, 0.5) is 4.79 Å². The minimum atomic E-state index is -2.00. The maximum atomic E-state index is 11.6. The van der Waals surface area contributed by atoms with Crippen molar-refractivity contribution in [2.24, 2.45) is 0 Å².